The molecule has 9 nitrogen and oxygen atoms in total. The van der Waals surface area contributed by atoms with Crippen molar-refractivity contribution in [1.82, 2.24) is 9.88 Å². The van der Waals surface area contributed by atoms with Gasteiger partial charge in [-0.15, -0.1) is 0 Å². The first-order valence-corrected chi connectivity index (χ1v) is 11.1. The van der Waals surface area contributed by atoms with E-state index in [9.17, 15) is 18.0 Å². The fourth-order valence-corrected chi connectivity index (χ4v) is 4.60. The number of ether oxygens (including phenoxy) is 1. The third-order valence-electron chi connectivity index (χ3n) is 4.97. The summed E-state index contributed by atoms with van der Waals surface area (Å²) in [6.07, 6.45) is -0.439. The van der Waals surface area contributed by atoms with Crippen LogP contribution in [-0.2, 0) is 26.0 Å². The van der Waals surface area contributed by atoms with E-state index in [1.54, 1.807) is 20.8 Å². The molecule has 0 spiro atoms. The van der Waals surface area contributed by atoms with Crippen molar-refractivity contribution in [1.29, 1.82) is 0 Å². The van der Waals surface area contributed by atoms with Crippen LogP contribution in [-0.4, -0.2) is 31.5 Å². The van der Waals surface area contributed by atoms with Crippen LogP contribution in [0.4, 0.5) is 5.69 Å². The Bertz CT molecular complexity index is 1080. The van der Waals surface area contributed by atoms with Gasteiger partial charge >= 0.3 is 0 Å². The van der Waals surface area contributed by atoms with Gasteiger partial charge in [0.1, 0.15) is 11.5 Å². The number of aryl methyl sites for hydroxylation is 3. The summed E-state index contributed by atoms with van der Waals surface area (Å²) in [6, 6.07) is 2.86. The van der Waals surface area contributed by atoms with E-state index in [1.165, 1.54) is 12.1 Å². The Hall–Kier alpha value is -2.88. The molecule has 0 bridgehead atoms. The quantitative estimate of drug-likeness (QED) is 0.713. The van der Waals surface area contributed by atoms with Crippen molar-refractivity contribution in [2.75, 3.05) is 5.32 Å². The van der Waals surface area contributed by atoms with Crippen LogP contribution in [0.1, 0.15) is 42.8 Å². The van der Waals surface area contributed by atoms with Crippen LogP contribution >= 0.6 is 0 Å². The Morgan fingerprint density at radius 1 is 1.27 bits per heavy atom. The van der Waals surface area contributed by atoms with E-state index in [2.05, 4.69) is 15.2 Å². The zero-order valence-corrected chi connectivity index (χ0v) is 18.3. The molecule has 0 aliphatic carbocycles. The highest BCUT2D eigenvalue weighted by Crippen LogP contribution is 2.35. The van der Waals surface area contributed by atoms with Crippen LogP contribution in [0.2, 0.25) is 0 Å². The standard InChI is InChI=1S/C20H25N3O6S/c1-10(2)19-20(25)21-15-8-11(3)17(9-16(15)28-19)30(26,27)23-18(24)7-6-14-12(4)22-29-13(14)5/h8-10,19H,6-7H2,1-5H3,(H,21,25)(H,23,24). The van der Waals surface area contributed by atoms with Gasteiger partial charge in [-0.3, -0.25) is 9.59 Å². The molecule has 1 aromatic heterocycles. The van der Waals surface area contributed by atoms with Gasteiger partial charge in [-0.2, -0.15) is 0 Å². The molecule has 1 aliphatic heterocycles. The average Bonchev–Trinajstić information content (AvgIpc) is 2.96. The normalized spacial score (nSPS) is 16.1. The summed E-state index contributed by atoms with van der Waals surface area (Å²) in [5, 5.41) is 6.56. The lowest BCUT2D eigenvalue weighted by Gasteiger charge is -2.29. The molecule has 1 aromatic carbocycles. The smallest absolute Gasteiger partial charge is 0.265 e. The highest BCUT2D eigenvalue weighted by atomic mass is 32.2. The number of carbonyl (C=O) groups is 2. The summed E-state index contributed by atoms with van der Waals surface area (Å²) < 4.78 is 38.5. The number of sulfonamides is 1. The largest absolute Gasteiger partial charge is 0.478 e. The summed E-state index contributed by atoms with van der Waals surface area (Å²) in [7, 11) is -4.12. The molecule has 1 aliphatic rings. The summed E-state index contributed by atoms with van der Waals surface area (Å²) >= 11 is 0. The molecule has 0 radical (unpaired) electrons. The van der Waals surface area contributed by atoms with Crippen molar-refractivity contribution >= 4 is 27.5 Å². The van der Waals surface area contributed by atoms with Gasteiger partial charge in [0.15, 0.2) is 6.10 Å². The van der Waals surface area contributed by atoms with Gasteiger partial charge in [-0.05, 0) is 44.7 Å². The van der Waals surface area contributed by atoms with Crippen molar-refractivity contribution in [2.24, 2.45) is 5.92 Å². The van der Waals surface area contributed by atoms with Crippen LogP contribution in [0.25, 0.3) is 0 Å². The van der Waals surface area contributed by atoms with Crippen molar-refractivity contribution < 1.29 is 27.3 Å². The fourth-order valence-electron chi connectivity index (χ4n) is 3.34. The Labute approximate surface area is 175 Å². The summed E-state index contributed by atoms with van der Waals surface area (Å²) in [4.78, 5) is 24.4. The van der Waals surface area contributed by atoms with E-state index < -0.39 is 22.0 Å². The van der Waals surface area contributed by atoms with Crippen LogP contribution in [0.15, 0.2) is 21.6 Å². The molecule has 30 heavy (non-hydrogen) atoms. The molecular formula is C20H25N3O6S. The maximum atomic E-state index is 12.8. The van der Waals surface area contributed by atoms with Gasteiger partial charge in [0.2, 0.25) is 5.91 Å². The third kappa shape index (κ3) is 4.33. The van der Waals surface area contributed by atoms with Gasteiger partial charge in [0.05, 0.1) is 16.3 Å². The molecular weight excluding hydrogens is 410 g/mol. The topological polar surface area (TPSA) is 128 Å². The number of hydrogen-bond donors (Lipinski definition) is 2. The zero-order valence-electron chi connectivity index (χ0n) is 17.5. The summed E-state index contributed by atoms with van der Waals surface area (Å²) in [6.45, 7) is 8.76. The lowest BCUT2D eigenvalue weighted by molar-refractivity contribution is -0.125. The minimum atomic E-state index is -4.12. The van der Waals surface area contributed by atoms with Crippen LogP contribution in [0.3, 0.4) is 0 Å². The van der Waals surface area contributed by atoms with Crippen LogP contribution in [0, 0.1) is 26.7 Å². The van der Waals surface area contributed by atoms with E-state index in [-0.39, 0.29) is 28.9 Å². The lowest BCUT2D eigenvalue weighted by atomic mass is 10.0. The second-order valence-corrected chi connectivity index (χ2v) is 9.37. The first-order valence-electron chi connectivity index (χ1n) is 9.59. The molecule has 162 valence electrons. The van der Waals surface area contributed by atoms with Crippen molar-refractivity contribution in [3.8, 4) is 5.75 Å². The number of nitrogens with zero attached hydrogens (tertiary/aromatic N) is 1. The van der Waals surface area contributed by atoms with E-state index in [4.69, 9.17) is 9.26 Å². The second-order valence-electron chi connectivity index (χ2n) is 7.72. The first kappa shape index (κ1) is 21.8. The van der Waals surface area contributed by atoms with Gasteiger partial charge in [0.25, 0.3) is 15.9 Å². The molecule has 2 N–H and O–H groups in total. The van der Waals surface area contributed by atoms with Crippen LogP contribution in [0.5, 0.6) is 5.75 Å². The Kier molecular flexibility index (Phi) is 5.89. The van der Waals surface area contributed by atoms with Crippen molar-refractivity contribution in [3.63, 3.8) is 0 Å². The number of rotatable bonds is 6. The molecule has 3 rings (SSSR count). The number of nitrogens with one attached hydrogen (secondary N) is 2. The summed E-state index contributed by atoms with van der Waals surface area (Å²) in [5.74, 6) is -0.153. The van der Waals surface area contributed by atoms with E-state index in [0.29, 0.717) is 29.1 Å². The van der Waals surface area contributed by atoms with E-state index in [1.807, 2.05) is 13.8 Å². The number of hydrogen-bond acceptors (Lipinski definition) is 7. The van der Waals surface area contributed by atoms with E-state index in [0.717, 1.165) is 5.56 Å². The minimum Gasteiger partial charge on any atom is -0.478 e. The monoisotopic (exact) mass is 435 g/mol. The molecule has 0 saturated heterocycles. The van der Waals surface area contributed by atoms with Gasteiger partial charge in [0, 0.05) is 18.1 Å². The minimum absolute atomic E-state index is 0.0336. The second kappa shape index (κ2) is 8.10. The number of anilines is 1. The third-order valence-corrected chi connectivity index (χ3v) is 6.49. The molecule has 1 unspecified atom stereocenters. The number of aromatic nitrogens is 1. The average molecular weight is 436 g/mol. The zero-order chi connectivity index (χ0) is 22.2. The van der Waals surface area contributed by atoms with Crippen LogP contribution < -0.4 is 14.8 Å². The molecule has 1 atom stereocenters. The predicted molar refractivity (Wildman–Crippen MR) is 109 cm³/mol. The fraction of sp³-hybridized carbons (Fsp3) is 0.450. The van der Waals surface area contributed by atoms with Gasteiger partial charge in [-0.1, -0.05) is 19.0 Å². The maximum absolute atomic E-state index is 12.8. The van der Waals surface area contributed by atoms with E-state index >= 15 is 0 Å². The number of amides is 2. The first-order chi connectivity index (χ1) is 14.0. The van der Waals surface area contributed by atoms with Crippen molar-refractivity contribution in [2.45, 2.75) is 58.5 Å². The number of fused-ring (bicyclic) bond motifs is 1. The Morgan fingerprint density at radius 2 is 1.97 bits per heavy atom. The summed E-state index contributed by atoms with van der Waals surface area (Å²) in [5.41, 5.74) is 2.24. The van der Waals surface area contributed by atoms with Gasteiger partial charge in [-0.25, -0.2) is 13.1 Å². The lowest BCUT2D eigenvalue weighted by Crippen LogP contribution is -2.40. The Morgan fingerprint density at radius 3 is 2.57 bits per heavy atom. The molecule has 2 heterocycles. The highest BCUT2D eigenvalue weighted by molar-refractivity contribution is 7.90. The SMILES string of the molecule is Cc1cc2c(cc1S(=O)(=O)NC(=O)CCc1c(C)noc1C)OC(C(C)C)C(=O)N2. The molecule has 0 fully saturated rings. The molecule has 10 heteroatoms. The Balaban J connectivity index is 1.78. The predicted octanol–water partition coefficient (Wildman–Crippen LogP) is 2.39. The highest BCUT2D eigenvalue weighted by Gasteiger charge is 2.32. The van der Waals surface area contributed by atoms with Gasteiger partial charge < -0.3 is 14.6 Å². The van der Waals surface area contributed by atoms with Crippen molar-refractivity contribution in [3.05, 3.63) is 34.7 Å². The maximum Gasteiger partial charge on any atom is 0.265 e. The molecule has 0 saturated carbocycles. The molecule has 2 aromatic rings. The molecule has 2 amide bonds. The number of carbonyl (C=O) groups excluding carboxylic acids is 2. The number of benzene rings is 1.